The van der Waals surface area contributed by atoms with Gasteiger partial charge in [-0.25, -0.2) is 0 Å². The maximum atomic E-state index is 11.3. The van der Waals surface area contributed by atoms with Crippen LogP contribution in [0.4, 0.5) is 0 Å². The summed E-state index contributed by atoms with van der Waals surface area (Å²) in [5.74, 6) is -0.255. The number of phenols is 1. The predicted molar refractivity (Wildman–Crippen MR) is 100 cm³/mol. The van der Waals surface area contributed by atoms with Gasteiger partial charge in [0.15, 0.2) is 0 Å². The van der Waals surface area contributed by atoms with Crippen LogP contribution >= 0.6 is 27.5 Å². The van der Waals surface area contributed by atoms with E-state index in [9.17, 15) is 15.0 Å². The fourth-order valence-corrected chi connectivity index (χ4v) is 3.41. The second-order valence-corrected chi connectivity index (χ2v) is 6.93. The summed E-state index contributed by atoms with van der Waals surface area (Å²) >= 11 is 9.29. The SMILES string of the molecule is COc1ccc([C@@H](C)NC(CC(=O)O)c2cc(Cl)cc(Br)c2O)cc1. The standard InChI is InChI=1S/C18H19BrClNO4/c1-10(11-3-5-13(25-2)6-4-11)21-16(9-17(22)23)14-7-12(20)8-15(19)18(14)24/h3-8,10,16,21,24H,9H2,1-2H3,(H,22,23)/t10-,16?/m1/s1. The minimum absolute atomic E-state index is 0.0231. The second kappa shape index (κ2) is 8.56. The van der Waals surface area contributed by atoms with Crippen molar-refractivity contribution in [2.75, 3.05) is 7.11 Å². The normalized spacial score (nSPS) is 13.3. The summed E-state index contributed by atoms with van der Waals surface area (Å²) in [4.78, 5) is 11.3. The van der Waals surface area contributed by atoms with E-state index < -0.39 is 12.0 Å². The van der Waals surface area contributed by atoms with Crippen LogP contribution in [0.5, 0.6) is 11.5 Å². The summed E-state index contributed by atoms with van der Waals surface area (Å²) in [7, 11) is 1.60. The maximum Gasteiger partial charge on any atom is 0.305 e. The fraction of sp³-hybridized carbons (Fsp3) is 0.278. The Kier molecular flexibility index (Phi) is 6.70. The number of aromatic hydroxyl groups is 1. The molecule has 2 aromatic carbocycles. The van der Waals surface area contributed by atoms with Gasteiger partial charge >= 0.3 is 5.97 Å². The highest BCUT2D eigenvalue weighted by Gasteiger charge is 2.23. The Hall–Kier alpha value is -1.76. The van der Waals surface area contributed by atoms with Crippen LogP contribution < -0.4 is 10.1 Å². The number of hydrogen-bond acceptors (Lipinski definition) is 4. The topological polar surface area (TPSA) is 78.8 Å². The summed E-state index contributed by atoms with van der Waals surface area (Å²) in [5, 5.41) is 23.2. The van der Waals surface area contributed by atoms with Crippen molar-refractivity contribution in [2.24, 2.45) is 0 Å². The molecule has 0 aliphatic heterocycles. The lowest BCUT2D eigenvalue weighted by atomic mass is 9.99. The number of benzene rings is 2. The molecule has 0 amide bonds. The van der Waals surface area contributed by atoms with Crippen molar-refractivity contribution in [1.82, 2.24) is 5.32 Å². The summed E-state index contributed by atoms with van der Waals surface area (Å²) in [6.45, 7) is 1.92. The number of carbonyl (C=O) groups is 1. The molecule has 0 saturated heterocycles. The Morgan fingerprint density at radius 2 is 1.96 bits per heavy atom. The lowest BCUT2D eigenvalue weighted by Crippen LogP contribution is -2.27. The zero-order valence-electron chi connectivity index (χ0n) is 13.8. The van der Waals surface area contributed by atoms with Gasteiger partial charge in [-0.05, 0) is 52.7 Å². The number of carboxylic acid groups (broad SMARTS) is 1. The van der Waals surface area contributed by atoms with E-state index in [1.807, 2.05) is 31.2 Å². The number of rotatable bonds is 7. The Bertz CT molecular complexity index is 751. The van der Waals surface area contributed by atoms with Crippen molar-refractivity contribution in [3.8, 4) is 11.5 Å². The fourth-order valence-electron chi connectivity index (χ4n) is 2.58. The van der Waals surface area contributed by atoms with Crippen LogP contribution in [0.1, 0.15) is 36.6 Å². The molecule has 0 aliphatic rings. The predicted octanol–water partition coefficient (Wildman–Crippen LogP) is 4.68. The van der Waals surface area contributed by atoms with Crippen LogP contribution in [0.3, 0.4) is 0 Å². The monoisotopic (exact) mass is 427 g/mol. The quantitative estimate of drug-likeness (QED) is 0.596. The van der Waals surface area contributed by atoms with E-state index >= 15 is 0 Å². The van der Waals surface area contributed by atoms with E-state index in [-0.39, 0.29) is 18.2 Å². The molecule has 1 unspecified atom stereocenters. The van der Waals surface area contributed by atoms with Gasteiger partial charge in [-0.2, -0.15) is 0 Å². The molecule has 0 saturated carbocycles. The van der Waals surface area contributed by atoms with Gasteiger partial charge < -0.3 is 20.3 Å². The molecule has 3 N–H and O–H groups in total. The first-order valence-corrected chi connectivity index (χ1v) is 8.78. The number of hydrogen-bond donors (Lipinski definition) is 3. The number of aliphatic carboxylic acids is 1. The molecule has 2 rings (SSSR count). The van der Waals surface area contributed by atoms with Crippen LogP contribution in [-0.4, -0.2) is 23.3 Å². The number of carboxylic acids is 1. The smallest absolute Gasteiger partial charge is 0.305 e. The van der Waals surface area contributed by atoms with Crippen molar-refractivity contribution in [2.45, 2.75) is 25.4 Å². The minimum Gasteiger partial charge on any atom is -0.506 e. The Balaban J connectivity index is 2.29. The van der Waals surface area contributed by atoms with Gasteiger partial charge in [0.2, 0.25) is 0 Å². The summed E-state index contributed by atoms with van der Waals surface area (Å²) < 4.78 is 5.56. The molecule has 5 nitrogen and oxygen atoms in total. The van der Waals surface area contributed by atoms with Crippen LogP contribution in [0.25, 0.3) is 0 Å². The molecule has 0 heterocycles. The van der Waals surface area contributed by atoms with Crippen molar-refractivity contribution >= 4 is 33.5 Å². The van der Waals surface area contributed by atoms with Crippen molar-refractivity contribution in [1.29, 1.82) is 0 Å². The van der Waals surface area contributed by atoms with E-state index in [0.29, 0.717) is 15.1 Å². The van der Waals surface area contributed by atoms with E-state index in [2.05, 4.69) is 21.2 Å². The Labute approximate surface area is 159 Å². The van der Waals surface area contributed by atoms with Gasteiger partial charge in [0, 0.05) is 22.7 Å². The van der Waals surface area contributed by atoms with E-state index in [1.54, 1.807) is 19.2 Å². The molecule has 2 aromatic rings. The molecule has 2 atom stereocenters. The number of halogens is 2. The number of phenolic OH excluding ortho intramolecular Hbond substituents is 1. The molecule has 0 bridgehead atoms. The van der Waals surface area contributed by atoms with Crippen molar-refractivity contribution < 1.29 is 19.7 Å². The Morgan fingerprint density at radius 3 is 2.52 bits per heavy atom. The van der Waals surface area contributed by atoms with Crippen LogP contribution in [-0.2, 0) is 4.79 Å². The third kappa shape index (κ3) is 5.11. The largest absolute Gasteiger partial charge is 0.506 e. The zero-order chi connectivity index (χ0) is 18.6. The van der Waals surface area contributed by atoms with E-state index in [0.717, 1.165) is 11.3 Å². The molecule has 0 aromatic heterocycles. The maximum absolute atomic E-state index is 11.3. The first kappa shape index (κ1) is 19.6. The van der Waals surface area contributed by atoms with E-state index in [1.165, 1.54) is 0 Å². The molecule has 0 radical (unpaired) electrons. The van der Waals surface area contributed by atoms with Gasteiger partial charge in [-0.15, -0.1) is 0 Å². The molecule has 0 spiro atoms. The van der Waals surface area contributed by atoms with E-state index in [4.69, 9.17) is 16.3 Å². The van der Waals surface area contributed by atoms with Crippen LogP contribution in [0.2, 0.25) is 5.02 Å². The lowest BCUT2D eigenvalue weighted by Gasteiger charge is -2.24. The molecule has 25 heavy (non-hydrogen) atoms. The summed E-state index contributed by atoms with van der Waals surface area (Å²) in [6, 6.07) is 9.87. The van der Waals surface area contributed by atoms with Crippen LogP contribution in [0.15, 0.2) is 40.9 Å². The summed E-state index contributed by atoms with van der Waals surface area (Å²) in [6.07, 6.45) is -0.194. The van der Waals surface area contributed by atoms with Gasteiger partial charge in [-0.3, -0.25) is 4.79 Å². The average molecular weight is 429 g/mol. The molecule has 0 fully saturated rings. The van der Waals surface area contributed by atoms with Gasteiger partial charge in [-0.1, -0.05) is 23.7 Å². The number of ether oxygens (including phenoxy) is 1. The third-order valence-electron chi connectivity index (χ3n) is 3.88. The third-order valence-corrected chi connectivity index (χ3v) is 4.70. The Morgan fingerprint density at radius 1 is 1.32 bits per heavy atom. The van der Waals surface area contributed by atoms with Gasteiger partial charge in [0.1, 0.15) is 11.5 Å². The average Bonchev–Trinajstić information content (AvgIpc) is 2.57. The lowest BCUT2D eigenvalue weighted by molar-refractivity contribution is -0.137. The van der Waals surface area contributed by atoms with Crippen molar-refractivity contribution in [3.63, 3.8) is 0 Å². The highest BCUT2D eigenvalue weighted by Crippen LogP contribution is 2.37. The molecule has 0 aliphatic carbocycles. The molecule has 7 heteroatoms. The number of nitrogens with one attached hydrogen (secondary N) is 1. The number of methoxy groups -OCH3 is 1. The molecular formula is C18H19BrClNO4. The van der Waals surface area contributed by atoms with Gasteiger partial charge in [0.05, 0.1) is 18.0 Å². The highest BCUT2D eigenvalue weighted by molar-refractivity contribution is 9.10. The summed E-state index contributed by atoms with van der Waals surface area (Å²) in [5.41, 5.74) is 1.40. The first-order chi connectivity index (χ1) is 11.8. The highest BCUT2D eigenvalue weighted by atomic mass is 79.9. The molecule has 134 valence electrons. The first-order valence-electron chi connectivity index (χ1n) is 7.61. The second-order valence-electron chi connectivity index (χ2n) is 5.64. The van der Waals surface area contributed by atoms with Crippen LogP contribution in [0, 0.1) is 0 Å². The molecular weight excluding hydrogens is 410 g/mol. The zero-order valence-corrected chi connectivity index (χ0v) is 16.1. The van der Waals surface area contributed by atoms with Crippen molar-refractivity contribution in [3.05, 3.63) is 57.0 Å². The van der Waals surface area contributed by atoms with Gasteiger partial charge in [0.25, 0.3) is 0 Å². The minimum atomic E-state index is -0.977.